The molecule has 14 heavy (non-hydrogen) atoms. The van der Waals surface area contributed by atoms with Crippen molar-refractivity contribution in [3.05, 3.63) is 35.4 Å². The summed E-state index contributed by atoms with van der Waals surface area (Å²) in [7, 11) is 1.32. The molecule has 0 radical (unpaired) electrons. The Morgan fingerprint density at radius 1 is 1.50 bits per heavy atom. The quantitative estimate of drug-likeness (QED) is 0.349. The smallest absolute Gasteiger partial charge is 0.337 e. The molecule has 4 nitrogen and oxygen atoms in total. The largest absolute Gasteiger partial charge is 0.465 e. The zero-order valence-electron chi connectivity index (χ0n) is 7.53. The zero-order valence-corrected chi connectivity index (χ0v) is 8.28. The van der Waals surface area contributed by atoms with Crippen LogP contribution in [0.5, 0.6) is 0 Å². The highest BCUT2D eigenvalue weighted by Gasteiger charge is 2.08. The van der Waals surface area contributed by atoms with E-state index in [1.165, 1.54) is 7.11 Å². The maximum Gasteiger partial charge on any atom is 0.337 e. The topological polar surface area (TPSA) is 58.6 Å². The summed E-state index contributed by atoms with van der Waals surface area (Å²) in [5, 5.41) is 8.54. The summed E-state index contributed by atoms with van der Waals surface area (Å²) >= 11 is 5.68. The van der Waals surface area contributed by atoms with Crippen molar-refractivity contribution >= 4 is 17.6 Å². The van der Waals surface area contributed by atoms with Crippen LogP contribution in [0.2, 0.25) is 0 Å². The number of halogens is 1. The fourth-order valence-corrected chi connectivity index (χ4v) is 1.13. The van der Waals surface area contributed by atoms with Gasteiger partial charge in [0.1, 0.15) is 5.50 Å². The number of nitrogens with one attached hydrogen (secondary N) is 1. The van der Waals surface area contributed by atoms with Crippen LogP contribution in [0.1, 0.15) is 21.4 Å². The first-order chi connectivity index (χ1) is 6.69. The van der Waals surface area contributed by atoms with Gasteiger partial charge in [-0.2, -0.15) is 5.48 Å². The molecule has 0 fully saturated rings. The molecule has 5 heteroatoms. The van der Waals surface area contributed by atoms with Crippen LogP contribution in [0.25, 0.3) is 0 Å². The van der Waals surface area contributed by atoms with E-state index < -0.39 is 11.5 Å². The van der Waals surface area contributed by atoms with Crippen molar-refractivity contribution in [2.45, 2.75) is 5.50 Å². The molecule has 1 unspecified atom stereocenters. The van der Waals surface area contributed by atoms with Gasteiger partial charge >= 0.3 is 5.97 Å². The van der Waals surface area contributed by atoms with Gasteiger partial charge in [0.15, 0.2) is 0 Å². The predicted octanol–water partition coefficient (Wildman–Crippen LogP) is 1.69. The van der Waals surface area contributed by atoms with Gasteiger partial charge in [0.05, 0.1) is 12.7 Å². The number of benzene rings is 1. The Labute approximate surface area is 86.4 Å². The minimum atomic E-state index is -0.679. The molecule has 0 aliphatic rings. The van der Waals surface area contributed by atoms with Gasteiger partial charge in [-0.05, 0) is 17.7 Å². The molecular weight excluding hydrogens is 206 g/mol. The number of alkyl halides is 1. The Morgan fingerprint density at radius 3 is 2.50 bits per heavy atom. The average molecular weight is 216 g/mol. The van der Waals surface area contributed by atoms with Gasteiger partial charge in [0.2, 0.25) is 0 Å². The summed E-state index contributed by atoms with van der Waals surface area (Å²) in [5.41, 5.74) is 2.33. The van der Waals surface area contributed by atoms with Crippen molar-refractivity contribution in [3.8, 4) is 0 Å². The normalized spacial score (nSPS) is 12.2. The molecular formula is C9H10ClNO3. The van der Waals surface area contributed by atoms with Crippen molar-refractivity contribution < 1.29 is 14.7 Å². The number of carbonyl (C=O) groups excluding carboxylic acids is 1. The van der Waals surface area contributed by atoms with Gasteiger partial charge in [-0.25, -0.2) is 4.79 Å². The molecule has 0 aliphatic heterocycles. The van der Waals surface area contributed by atoms with Crippen LogP contribution in [-0.2, 0) is 4.74 Å². The molecule has 1 atom stereocenters. The van der Waals surface area contributed by atoms with Crippen molar-refractivity contribution in [1.29, 1.82) is 0 Å². The minimum absolute atomic E-state index is 0.403. The lowest BCUT2D eigenvalue weighted by Crippen LogP contribution is -2.11. The van der Waals surface area contributed by atoms with Crippen LogP contribution in [0, 0.1) is 0 Å². The number of carbonyl (C=O) groups is 1. The molecule has 0 saturated carbocycles. The molecule has 76 valence electrons. The molecule has 0 heterocycles. The summed E-state index contributed by atoms with van der Waals surface area (Å²) < 4.78 is 4.53. The van der Waals surface area contributed by atoms with Gasteiger partial charge < -0.3 is 9.94 Å². The Hall–Kier alpha value is -1.10. The summed E-state index contributed by atoms with van der Waals surface area (Å²) in [6.45, 7) is 0. The number of hydrogen-bond acceptors (Lipinski definition) is 4. The van der Waals surface area contributed by atoms with Crippen LogP contribution in [0.4, 0.5) is 0 Å². The van der Waals surface area contributed by atoms with Crippen LogP contribution < -0.4 is 5.48 Å². The highest BCUT2D eigenvalue weighted by molar-refractivity contribution is 6.20. The summed E-state index contributed by atoms with van der Waals surface area (Å²) in [6, 6.07) is 6.42. The van der Waals surface area contributed by atoms with Gasteiger partial charge in [-0.3, -0.25) is 0 Å². The van der Waals surface area contributed by atoms with Crippen molar-refractivity contribution in [1.82, 2.24) is 5.48 Å². The van der Waals surface area contributed by atoms with Gasteiger partial charge in [-0.15, -0.1) is 0 Å². The number of methoxy groups -OCH3 is 1. The molecule has 0 saturated heterocycles. The van der Waals surface area contributed by atoms with E-state index in [2.05, 4.69) is 4.74 Å². The SMILES string of the molecule is COC(=O)c1ccc(C(Cl)NO)cc1. The van der Waals surface area contributed by atoms with Crippen LogP contribution in [0.3, 0.4) is 0 Å². The lowest BCUT2D eigenvalue weighted by atomic mass is 10.1. The second-order valence-electron chi connectivity index (χ2n) is 2.61. The van der Waals surface area contributed by atoms with E-state index in [9.17, 15) is 4.79 Å². The van der Waals surface area contributed by atoms with E-state index in [0.717, 1.165) is 0 Å². The fourth-order valence-electron chi connectivity index (χ4n) is 0.981. The Balaban J connectivity index is 2.83. The molecule has 1 rings (SSSR count). The lowest BCUT2D eigenvalue weighted by molar-refractivity contribution is 0.0600. The van der Waals surface area contributed by atoms with E-state index in [-0.39, 0.29) is 0 Å². The van der Waals surface area contributed by atoms with E-state index >= 15 is 0 Å². The van der Waals surface area contributed by atoms with Crippen LogP contribution in [-0.4, -0.2) is 18.3 Å². The number of esters is 1. The molecule has 1 aromatic rings. The molecule has 1 aromatic carbocycles. The number of hydrogen-bond donors (Lipinski definition) is 2. The average Bonchev–Trinajstić information content (AvgIpc) is 2.27. The molecule has 0 spiro atoms. The standard InChI is InChI=1S/C9H10ClNO3/c1-14-9(12)7-4-2-6(3-5-7)8(10)11-13/h2-5,8,11,13H,1H3. The predicted molar refractivity (Wildman–Crippen MR) is 51.3 cm³/mol. The lowest BCUT2D eigenvalue weighted by Gasteiger charge is -2.07. The summed E-state index contributed by atoms with van der Waals surface area (Å²) in [4.78, 5) is 11.0. The Kier molecular flexibility index (Phi) is 3.88. The first-order valence-corrected chi connectivity index (χ1v) is 4.34. The molecule has 0 amide bonds. The third-order valence-corrected chi connectivity index (χ3v) is 2.09. The highest BCUT2D eigenvalue weighted by Crippen LogP contribution is 2.17. The van der Waals surface area contributed by atoms with Crippen molar-refractivity contribution in [2.24, 2.45) is 0 Å². The minimum Gasteiger partial charge on any atom is -0.465 e. The fraction of sp³-hybridized carbons (Fsp3) is 0.222. The zero-order chi connectivity index (χ0) is 10.6. The van der Waals surface area contributed by atoms with Gasteiger partial charge in [0, 0.05) is 0 Å². The number of hydroxylamine groups is 1. The molecule has 0 aromatic heterocycles. The maximum absolute atomic E-state index is 11.0. The monoisotopic (exact) mass is 215 g/mol. The third-order valence-electron chi connectivity index (χ3n) is 1.74. The van der Waals surface area contributed by atoms with E-state index in [0.29, 0.717) is 11.1 Å². The third kappa shape index (κ3) is 2.45. The summed E-state index contributed by atoms with van der Waals surface area (Å²) in [5.74, 6) is -0.403. The van der Waals surface area contributed by atoms with E-state index in [4.69, 9.17) is 16.8 Å². The first-order valence-electron chi connectivity index (χ1n) is 3.91. The Morgan fingerprint density at radius 2 is 2.07 bits per heavy atom. The molecule has 0 aliphatic carbocycles. The summed E-state index contributed by atoms with van der Waals surface area (Å²) in [6.07, 6.45) is 0. The number of rotatable bonds is 3. The van der Waals surface area contributed by atoms with Crippen molar-refractivity contribution in [3.63, 3.8) is 0 Å². The maximum atomic E-state index is 11.0. The van der Waals surface area contributed by atoms with Crippen molar-refractivity contribution in [2.75, 3.05) is 7.11 Å². The highest BCUT2D eigenvalue weighted by atomic mass is 35.5. The van der Waals surface area contributed by atoms with E-state index in [1.807, 2.05) is 5.48 Å². The van der Waals surface area contributed by atoms with Gasteiger partial charge in [-0.1, -0.05) is 23.7 Å². The first kappa shape index (κ1) is 11.0. The Bertz CT molecular complexity index is 312. The van der Waals surface area contributed by atoms with Crippen LogP contribution in [0.15, 0.2) is 24.3 Å². The van der Waals surface area contributed by atoms with Gasteiger partial charge in [0.25, 0.3) is 0 Å². The second kappa shape index (κ2) is 4.95. The second-order valence-corrected chi connectivity index (χ2v) is 3.04. The molecule has 2 N–H and O–H groups in total. The van der Waals surface area contributed by atoms with Crippen LogP contribution >= 0.6 is 11.6 Å². The molecule has 0 bridgehead atoms. The van der Waals surface area contributed by atoms with E-state index in [1.54, 1.807) is 24.3 Å². The number of ether oxygens (including phenoxy) is 1.